The Hall–Kier alpha value is -1.45. The van der Waals surface area contributed by atoms with E-state index in [1.807, 2.05) is 0 Å². The molecule has 10 heteroatoms. The lowest BCUT2D eigenvalue weighted by molar-refractivity contribution is -0.137. The summed E-state index contributed by atoms with van der Waals surface area (Å²) < 4.78 is 38.8. The van der Waals surface area contributed by atoms with Crippen LogP contribution >= 0.6 is 24.2 Å². The van der Waals surface area contributed by atoms with Gasteiger partial charge in [0.1, 0.15) is 0 Å². The number of rotatable bonds is 5. The Balaban J connectivity index is 0.00000312. The Morgan fingerprint density at radius 2 is 2.04 bits per heavy atom. The first-order valence-corrected chi connectivity index (χ1v) is 8.54. The van der Waals surface area contributed by atoms with E-state index in [-0.39, 0.29) is 36.6 Å². The molecule has 1 aromatic carbocycles. The zero-order chi connectivity index (χ0) is 17.7. The molecule has 5 nitrogen and oxygen atoms in total. The summed E-state index contributed by atoms with van der Waals surface area (Å²) in [5.41, 5.74) is -1.23. The molecule has 0 radical (unpaired) electrons. The van der Waals surface area contributed by atoms with Gasteiger partial charge >= 0.3 is 6.18 Å². The molecule has 2 N–H and O–H groups in total. The molecular formula is C15H19ClF3N3O2S. The molecule has 0 aliphatic carbocycles. The average molecular weight is 398 g/mol. The van der Waals surface area contributed by atoms with Crippen molar-refractivity contribution in [2.75, 3.05) is 30.0 Å². The second kappa shape index (κ2) is 9.30. The molecule has 0 aromatic heterocycles. The van der Waals surface area contributed by atoms with Crippen molar-refractivity contribution in [3.05, 3.63) is 29.8 Å². The molecule has 140 valence electrons. The quantitative estimate of drug-likeness (QED) is 0.801. The Morgan fingerprint density at radius 1 is 1.36 bits per heavy atom. The SMILES string of the molecule is CCN(CC(=O)Nc1ccccc1C(F)(F)F)C(=O)[C@H]1CSCN1.Cl. The van der Waals surface area contributed by atoms with E-state index in [0.29, 0.717) is 18.2 Å². The number of alkyl halides is 3. The fourth-order valence-electron chi connectivity index (χ4n) is 2.32. The van der Waals surface area contributed by atoms with Gasteiger partial charge in [-0.1, -0.05) is 12.1 Å². The van der Waals surface area contributed by atoms with E-state index in [0.717, 1.165) is 6.07 Å². The van der Waals surface area contributed by atoms with Gasteiger partial charge in [0.2, 0.25) is 11.8 Å². The summed E-state index contributed by atoms with van der Waals surface area (Å²) in [7, 11) is 0. The number of hydrogen-bond acceptors (Lipinski definition) is 4. The Kier molecular flexibility index (Phi) is 8.04. The molecule has 1 atom stereocenters. The molecule has 0 unspecified atom stereocenters. The zero-order valence-corrected chi connectivity index (χ0v) is 15.1. The van der Waals surface area contributed by atoms with Crippen molar-refractivity contribution in [3.63, 3.8) is 0 Å². The minimum absolute atomic E-state index is 0. The molecule has 1 aromatic rings. The number of halogens is 4. The van der Waals surface area contributed by atoms with Gasteiger partial charge in [0.25, 0.3) is 0 Å². The number of thioether (sulfide) groups is 1. The minimum Gasteiger partial charge on any atom is -0.332 e. The highest BCUT2D eigenvalue weighted by Gasteiger charge is 2.34. The highest BCUT2D eigenvalue weighted by molar-refractivity contribution is 7.99. The van der Waals surface area contributed by atoms with E-state index >= 15 is 0 Å². The first-order valence-electron chi connectivity index (χ1n) is 7.39. The smallest absolute Gasteiger partial charge is 0.332 e. The molecule has 0 bridgehead atoms. The fraction of sp³-hybridized carbons (Fsp3) is 0.467. The number of para-hydroxylation sites is 1. The van der Waals surface area contributed by atoms with Crippen molar-refractivity contribution >= 4 is 41.7 Å². The van der Waals surface area contributed by atoms with Crippen molar-refractivity contribution < 1.29 is 22.8 Å². The summed E-state index contributed by atoms with van der Waals surface area (Å²) in [5.74, 6) is 0.404. The topological polar surface area (TPSA) is 61.4 Å². The molecule has 25 heavy (non-hydrogen) atoms. The molecular weight excluding hydrogens is 379 g/mol. The number of likely N-dealkylation sites (N-methyl/N-ethyl adjacent to an activating group) is 1. The van der Waals surface area contributed by atoms with Crippen molar-refractivity contribution in [2.24, 2.45) is 0 Å². The molecule has 1 fully saturated rings. The van der Waals surface area contributed by atoms with Gasteiger partial charge in [-0.3, -0.25) is 14.9 Å². The number of nitrogens with zero attached hydrogens (tertiary/aromatic N) is 1. The Bertz CT molecular complexity index is 610. The fourth-order valence-corrected chi connectivity index (χ4v) is 3.26. The van der Waals surface area contributed by atoms with Gasteiger partial charge in [-0.05, 0) is 19.1 Å². The summed E-state index contributed by atoms with van der Waals surface area (Å²) in [6.07, 6.45) is -4.56. The Morgan fingerprint density at radius 3 is 2.60 bits per heavy atom. The molecule has 2 amide bonds. The molecule has 0 saturated carbocycles. The highest BCUT2D eigenvalue weighted by Crippen LogP contribution is 2.34. The lowest BCUT2D eigenvalue weighted by Gasteiger charge is -2.23. The molecule has 1 aliphatic rings. The maximum absolute atomic E-state index is 12.9. The summed E-state index contributed by atoms with van der Waals surface area (Å²) in [4.78, 5) is 25.7. The maximum Gasteiger partial charge on any atom is 0.418 e. The number of amides is 2. The van der Waals surface area contributed by atoms with Crippen LogP contribution in [0.1, 0.15) is 12.5 Å². The summed E-state index contributed by atoms with van der Waals surface area (Å²) in [6.45, 7) is 1.73. The monoisotopic (exact) mass is 397 g/mol. The molecule has 1 saturated heterocycles. The average Bonchev–Trinajstić information content (AvgIpc) is 3.06. The third-order valence-electron chi connectivity index (χ3n) is 3.55. The van der Waals surface area contributed by atoms with Gasteiger partial charge in [0, 0.05) is 18.2 Å². The van der Waals surface area contributed by atoms with E-state index in [9.17, 15) is 22.8 Å². The van der Waals surface area contributed by atoms with Crippen LogP contribution in [0.25, 0.3) is 0 Å². The van der Waals surface area contributed by atoms with Crippen LogP contribution in [0.5, 0.6) is 0 Å². The van der Waals surface area contributed by atoms with Gasteiger partial charge < -0.3 is 10.2 Å². The van der Waals surface area contributed by atoms with Crippen molar-refractivity contribution in [3.8, 4) is 0 Å². The normalized spacial score (nSPS) is 16.9. The van der Waals surface area contributed by atoms with Crippen LogP contribution < -0.4 is 10.6 Å². The van der Waals surface area contributed by atoms with E-state index in [4.69, 9.17) is 0 Å². The third kappa shape index (κ3) is 5.79. The number of anilines is 1. The third-order valence-corrected chi connectivity index (χ3v) is 4.49. The standard InChI is InChI=1S/C15H18F3N3O2S.ClH/c1-2-21(14(23)12-8-24-9-19-12)7-13(22)20-11-6-4-3-5-10(11)15(16,17)18;/h3-6,12,19H,2,7-9H2,1H3,(H,20,22);1H/t12-;/m1./s1. The maximum atomic E-state index is 12.9. The van der Waals surface area contributed by atoms with Crippen LogP contribution in [0.15, 0.2) is 24.3 Å². The molecule has 1 heterocycles. The van der Waals surface area contributed by atoms with Crippen LogP contribution in [0.2, 0.25) is 0 Å². The molecule has 1 aliphatic heterocycles. The van der Waals surface area contributed by atoms with Crippen LogP contribution in [-0.4, -0.2) is 47.5 Å². The van der Waals surface area contributed by atoms with Gasteiger partial charge in [0.05, 0.1) is 23.8 Å². The van der Waals surface area contributed by atoms with Gasteiger partial charge in [-0.25, -0.2) is 0 Å². The Labute approximate surface area is 154 Å². The number of benzene rings is 1. The second-order valence-electron chi connectivity index (χ2n) is 5.22. The number of carbonyl (C=O) groups is 2. The number of nitrogens with one attached hydrogen (secondary N) is 2. The predicted octanol–water partition coefficient (Wildman–Crippen LogP) is 2.58. The minimum atomic E-state index is -4.56. The van der Waals surface area contributed by atoms with Crippen LogP contribution in [0.3, 0.4) is 0 Å². The largest absolute Gasteiger partial charge is 0.418 e. The summed E-state index contributed by atoms with van der Waals surface area (Å²) >= 11 is 1.58. The highest BCUT2D eigenvalue weighted by atomic mass is 35.5. The van der Waals surface area contributed by atoms with E-state index in [2.05, 4.69) is 10.6 Å². The summed E-state index contributed by atoms with van der Waals surface area (Å²) in [6, 6.07) is 4.40. The van der Waals surface area contributed by atoms with Gasteiger partial charge in [-0.2, -0.15) is 13.2 Å². The number of carbonyl (C=O) groups excluding carboxylic acids is 2. The predicted molar refractivity (Wildman–Crippen MR) is 93.8 cm³/mol. The van der Waals surface area contributed by atoms with E-state index in [1.165, 1.54) is 23.1 Å². The second-order valence-corrected chi connectivity index (χ2v) is 6.25. The van der Waals surface area contributed by atoms with Crippen molar-refractivity contribution in [1.82, 2.24) is 10.2 Å². The first kappa shape index (κ1) is 21.6. The first-order chi connectivity index (χ1) is 11.3. The zero-order valence-electron chi connectivity index (χ0n) is 13.4. The summed E-state index contributed by atoms with van der Waals surface area (Å²) in [5, 5.41) is 5.26. The lowest BCUT2D eigenvalue weighted by Crippen LogP contribution is -2.47. The van der Waals surface area contributed by atoms with Gasteiger partial charge in [0.15, 0.2) is 0 Å². The van der Waals surface area contributed by atoms with E-state index < -0.39 is 17.6 Å². The lowest BCUT2D eigenvalue weighted by atomic mass is 10.1. The van der Waals surface area contributed by atoms with Crippen LogP contribution in [0.4, 0.5) is 18.9 Å². The van der Waals surface area contributed by atoms with Gasteiger partial charge in [-0.15, -0.1) is 24.2 Å². The molecule has 2 rings (SSSR count). The van der Waals surface area contributed by atoms with E-state index in [1.54, 1.807) is 18.7 Å². The molecule has 0 spiro atoms. The van der Waals surface area contributed by atoms with Crippen molar-refractivity contribution in [1.29, 1.82) is 0 Å². The van der Waals surface area contributed by atoms with Crippen molar-refractivity contribution in [2.45, 2.75) is 19.1 Å². The van der Waals surface area contributed by atoms with Crippen LogP contribution in [-0.2, 0) is 15.8 Å². The van der Waals surface area contributed by atoms with Crippen LogP contribution in [0, 0.1) is 0 Å². The number of hydrogen-bond donors (Lipinski definition) is 2.